The van der Waals surface area contributed by atoms with Crippen molar-refractivity contribution in [3.63, 3.8) is 0 Å². The molecule has 158 valence electrons. The quantitative estimate of drug-likeness (QED) is 0.739. The Morgan fingerprint density at radius 3 is 2.63 bits per heavy atom. The number of hydrogen-bond acceptors (Lipinski definition) is 5. The zero-order chi connectivity index (χ0) is 22.2. The number of aryl methyl sites for hydroxylation is 2. The number of hydrogen-bond donors (Lipinski definition) is 0. The second-order valence-electron chi connectivity index (χ2n) is 7.08. The minimum Gasteiger partial charge on any atom is -0.331 e. The smallest absolute Gasteiger partial charge is 0.331 e. The van der Waals surface area contributed by atoms with Crippen LogP contribution in [0.3, 0.4) is 0 Å². The van der Waals surface area contributed by atoms with Crippen LogP contribution in [0.1, 0.15) is 22.4 Å². The largest absolute Gasteiger partial charge is 0.417 e. The van der Waals surface area contributed by atoms with E-state index >= 15 is 0 Å². The van der Waals surface area contributed by atoms with Crippen LogP contribution < -0.4 is 9.80 Å². The number of carbonyl (C=O) groups excluding carboxylic acids is 1. The van der Waals surface area contributed by atoms with Crippen LogP contribution in [0.4, 0.5) is 24.7 Å². The van der Waals surface area contributed by atoms with E-state index in [2.05, 4.69) is 4.98 Å². The Kier molecular flexibility index (Phi) is 5.85. The van der Waals surface area contributed by atoms with Crippen molar-refractivity contribution in [3.05, 3.63) is 52.7 Å². The molecule has 2 atom stereocenters. The van der Waals surface area contributed by atoms with Gasteiger partial charge in [0.2, 0.25) is 5.91 Å². The first-order valence-corrected chi connectivity index (χ1v) is 10.5. The minimum absolute atomic E-state index is 0.0484. The van der Waals surface area contributed by atoms with E-state index in [0.717, 1.165) is 11.6 Å². The van der Waals surface area contributed by atoms with Crippen LogP contribution >= 0.6 is 0 Å². The van der Waals surface area contributed by atoms with Gasteiger partial charge in [0.25, 0.3) is 0 Å². The zero-order valence-electron chi connectivity index (χ0n) is 16.5. The van der Waals surface area contributed by atoms with Crippen LogP contribution in [-0.2, 0) is 21.8 Å². The number of halogens is 3. The summed E-state index contributed by atoms with van der Waals surface area (Å²) in [7, 11) is 0.0699. The minimum atomic E-state index is -4.76. The highest BCUT2D eigenvalue weighted by molar-refractivity contribution is 7.85. The third-order valence-electron chi connectivity index (χ3n) is 4.83. The van der Waals surface area contributed by atoms with E-state index < -0.39 is 40.1 Å². The van der Waals surface area contributed by atoms with E-state index in [1.165, 1.54) is 16.7 Å². The van der Waals surface area contributed by atoms with Crippen molar-refractivity contribution >= 4 is 28.2 Å². The summed E-state index contributed by atoms with van der Waals surface area (Å²) in [6.07, 6.45) is -4.76. The average Bonchev–Trinajstić information content (AvgIpc) is 3.07. The topological polar surface area (TPSA) is 77.3 Å². The van der Waals surface area contributed by atoms with Crippen LogP contribution in [0.15, 0.2) is 30.3 Å². The molecular weight excluding hydrogens is 417 g/mol. The lowest BCUT2D eigenvalue weighted by atomic mass is 10.1. The van der Waals surface area contributed by atoms with Gasteiger partial charge in [-0.05, 0) is 37.6 Å². The molecule has 2 aromatic rings. The number of pyridine rings is 1. The molecule has 0 aliphatic carbocycles. The molecule has 1 saturated heterocycles. The highest BCUT2D eigenvalue weighted by Crippen LogP contribution is 2.37. The molecular formula is C20H19F3N4O2S. The maximum atomic E-state index is 13.5. The molecule has 0 saturated carbocycles. The van der Waals surface area contributed by atoms with Gasteiger partial charge in [-0.2, -0.15) is 18.4 Å². The van der Waals surface area contributed by atoms with Crippen molar-refractivity contribution in [2.45, 2.75) is 26.1 Å². The maximum absolute atomic E-state index is 13.5. The molecule has 0 spiro atoms. The van der Waals surface area contributed by atoms with Crippen molar-refractivity contribution in [1.29, 1.82) is 5.26 Å². The van der Waals surface area contributed by atoms with Crippen molar-refractivity contribution in [3.8, 4) is 6.07 Å². The Bertz CT molecular complexity index is 1060. The summed E-state index contributed by atoms with van der Waals surface area (Å²) in [5, 5.41) is 9.43. The van der Waals surface area contributed by atoms with E-state index in [1.807, 2.05) is 13.0 Å². The van der Waals surface area contributed by atoms with Crippen LogP contribution in [0, 0.1) is 25.2 Å². The number of anilines is 2. The molecule has 1 aliphatic rings. The Morgan fingerprint density at radius 1 is 1.33 bits per heavy atom. The molecule has 1 fully saturated rings. The second-order valence-corrected chi connectivity index (χ2v) is 8.55. The summed E-state index contributed by atoms with van der Waals surface area (Å²) in [6, 6.07) is 8.54. The first-order valence-electron chi connectivity index (χ1n) is 8.97. The van der Waals surface area contributed by atoms with Crippen LogP contribution in [0.2, 0.25) is 0 Å². The highest BCUT2D eigenvalue weighted by atomic mass is 32.2. The number of likely N-dealkylation sites (N-methyl/N-ethyl adjacent to an activating group) is 1. The van der Waals surface area contributed by atoms with E-state index in [9.17, 15) is 27.4 Å². The SMILES string of the molecule is Cc1cccc(N(C)C(=O)[C@H]2CS(=O)CN2c2nc(C)cc(C(F)(F)F)c2C#N)c1. The summed E-state index contributed by atoms with van der Waals surface area (Å²) in [4.78, 5) is 19.9. The summed E-state index contributed by atoms with van der Waals surface area (Å²) < 4.78 is 52.7. The fourth-order valence-electron chi connectivity index (χ4n) is 3.36. The third kappa shape index (κ3) is 4.16. The highest BCUT2D eigenvalue weighted by Gasteiger charge is 2.42. The lowest BCUT2D eigenvalue weighted by molar-refractivity contribution is -0.137. The van der Waals surface area contributed by atoms with Crippen LogP contribution in [0.5, 0.6) is 0 Å². The van der Waals surface area contributed by atoms with E-state index in [-0.39, 0.29) is 23.1 Å². The zero-order valence-corrected chi connectivity index (χ0v) is 17.3. The molecule has 1 amide bonds. The predicted molar refractivity (Wildman–Crippen MR) is 107 cm³/mol. The second kappa shape index (κ2) is 8.07. The molecule has 0 bridgehead atoms. The van der Waals surface area contributed by atoms with E-state index in [0.29, 0.717) is 5.69 Å². The van der Waals surface area contributed by atoms with E-state index in [1.54, 1.807) is 31.3 Å². The normalized spacial score (nSPS) is 18.9. The Morgan fingerprint density at radius 2 is 2.03 bits per heavy atom. The molecule has 0 N–H and O–H groups in total. The summed E-state index contributed by atoms with van der Waals surface area (Å²) in [5.41, 5.74) is -0.217. The number of benzene rings is 1. The van der Waals surface area contributed by atoms with Gasteiger partial charge >= 0.3 is 6.18 Å². The summed E-state index contributed by atoms with van der Waals surface area (Å²) in [6.45, 7) is 3.25. The van der Waals surface area contributed by atoms with Gasteiger partial charge in [-0.25, -0.2) is 4.98 Å². The first-order chi connectivity index (χ1) is 14.0. The number of carbonyl (C=O) groups is 1. The van der Waals surface area contributed by atoms with Crippen LogP contribution in [0.25, 0.3) is 0 Å². The molecule has 3 rings (SSSR count). The van der Waals surface area contributed by atoms with Crippen molar-refractivity contribution < 1.29 is 22.2 Å². The first kappa shape index (κ1) is 21.8. The van der Waals surface area contributed by atoms with Gasteiger partial charge in [-0.3, -0.25) is 9.00 Å². The van der Waals surface area contributed by atoms with Gasteiger partial charge in [0.1, 0.15) is 23.5 Å². The number of nitriles is 1. The molecule has 1 aliphatic heterocycles. The molecule has 1 unspecified atom stereocenters. The number of aromatic nitrogens is 1. The Labute approximate surface area is 174 Å². The lowest BCUT2D eigenvalue weighted by Gasteiger charge is -2.29. The molecule has 1 aromatic carbocycles. The van der Waals surface area contributed by atoms with Gasteiger partial charge in [-0.1, -0.05) is 12.1 Å². The Balaban J connectivity index is 2.06. The standard InChI is InChI=1S/C20H19F3N4O2S/c1-12-5-4-6-14(7-12)26(3)19(28)17-10-30(29)11-27(17)18-15(9-24)16(20(21,22)23)8-13(2)25-18/h4-8,17H,10-11H2,1-3H3/t17-,30?/m1/s1. The van der Waals surface area contributed by atoms with E-state index in [4.69, 9.17) is 0 Å². The number of amides is 1. The summed E-state index contributed by atoms with van der Waals surface area (Å²) >= 11 is 0. The fraction of sp³-hybridized carbons (Fsp3) is 0.350. The third-order valence-corrected chi connectivity index (χ3v) is 6.08. The average molecular weight is 436 g/mol. The van der Waals surface area contributed by atoms with Crippen molar-refractivity contribution in [2.75, 3.05) is 28.5 Å². The van der Waals surface area contributed by atoms with Gasteiger partial charge in [-0.15, -0.1) is 0 Å². The van der Waals surface area contributed by atoms with Crippen molar-refractivity contribution in [1.82, 2.24) is 4.98 Å². The lowest BCUT2D eigenvalue weighted by Crippen LogP contribution is -2.46. The number of alkyl halides is 3. The summed E-state index contributed by atoms with van der Waals surface area (Å²) in [5.74, 6) is -0.948. The van der Waals surface area contributed by atoms with Crippen molar-refractivity contribution in [2.24, 2.45) is 0 Å². The predicted octanol–water partition coefficient (Wildman–Crippen LogP) is 3.15. The molecule has 0 radical (unpaired) electrons. The monoisotopic (exact) mass is 436 g/mol. The van der Waals surface area contributed by atoms with Gasteiger partial charge in [0.05, 0.1) is 17.2 Å². The number of rotatable bonds is 3. The Hall–Kier alpha value is -2.93. The molecule has 1 aromatic heterocycles. The molecule has 30 heavy (non-hydrogen) atoms. The maximum Gasteiger partial charge on any atom is 0.417 e. The molecule has 2 heterocycles. The molecule has 10 heteroatoms. The van der Waals surface area contributed by atoms with Gasteiger partial charge in [0.15, 0.2) is 0 Å². The van der Waals surface area contributed by atoms with Gasteiger partial charge in [0, 0.05) is 29.2 Å². The number of nitrogens with zero attached hydrogens (tertiary/aromatic N) is 4. The van der Waals surface area contributed by atoms with Crippen LogP contribution in [-0.4, -0.2) is 39.8 Å². The fourth-order valence-corrected chi connectivity index (χ4v) is 4.76. The van der Waals surface area contributed by atoms with Gasteiger partial charge < -0.3 is 9.80 Å². The molecule has 6 nitrogen and oxygen atoms in total.